The molecule has 2 heterocycles. The number of thioether (sulfide) groups is 1. The van der Waals surface area contributed by atoms with Crippen molar-refractivity contribution in [2.24, 2.45) is 0 Å². The Bertz CT molecular complexity index is 1460. The number of fused-ring (bicyclic) bond motifs is 1. The highest BCUT2D eigenvalue weighted by Crippen LogP contribution is 2.34. The molecule has 0 spiro atoms. The predicted octanol–water partition coefficient (Wildman–Crippen LogP) is 6.89. The van der Waals surface area contributed by atoms with Crippen molar-refractivity contribution < 1.29 is 13.2 Å². The van der Waals surface area contributed by atoms with Crippen LogP contribution in [0, 0.1) is 17.5 Å². The van der Waals surface area contributed by atoms with Crippen LogP contribution in [0.5, 0.6) is 0 Å². The summed E-state index contributed by atoms with van der Waals surface area (Å²) in [6.07, 6.45) is 0. The van der Waals surface area contributed by atoms with Crippen LogP contribution in [-0.2, 0) is 12.3 Å². The van der Waals surface area contributed by atoms with Crippen LogP contribution in [-0.4, -0.2) is 19.7 Å². The van der Waals surface area contributed by atoms with Gasteiger partial charge in [-0.15, -0.1) is 10.2 Å². The Kier molecular flexibility index (Phi) is 6.06. The van der Waals surface area contributed by atoms with Crippen molar-refractivity contribution in [3.8, 4) is 22.6 Å². The first kappa shape index (κ1) is 22.2. The maximum Gasteiger partial charge on any atom is 0.191 e. The van der Waals surface area contributed by atoms with Gasteiger partial charge in [-0.1, -0.05) is 60.3 Å². The molecule has 0 aliphatic carbocycles. The van der Waals surface area contributed by atoms with Gasteiger partial charge < -0.3 is 4.57 Å². The Morgan fingerprint density at radius 1 is 0.853 bits per heavy atom. The average Bonchev–Trinajstić information content (AvgIpc) is 3.26. The summed E-state index contributed by atoms with van der Waals surface area (Å²) in [5, 5.41) is 10.2. The van der Waals surface area contributed by atoms with Crippen LogP contribution in [0.2, 0.25) is 0 Å². The van der Waals surface area contributed by atoms with E-state index in [4.69, 9.17) is 4.98 Å². The average molecular weight is 477 g/mol. The van der Waals surface area contributed by atoms with Gasteiger partial charge in [0.05, 0.1) is 11.2 Å². The van der Waals surface area contributed by atoms with Crippen molar-refractivity contribution in [1.29, 1.82) is 0 Å². The molecule has 5 aromatic rings. The Morgan fingerprint density at radius 3 is 2.29 bits per heavy atom. The van der Waals surface area contributed by atoms with Gasteiger partial charge >= 0.3 is 0 Å². The zero-order valence-electron chi connectivity index (χ0n) is 18.2. The molecule has 3 aromatic carbocycles. The standard InChI is InChI=1S/C26H19F3N4S/c1-2-33-25(31-32-26(33)34-15-20-21(28)12-17(27)13-22(20)29)19-14-24(16-8-4-3-5-9-16)30-23-11-7-6-10-18(19)23/h3-14H,2,15H2,1H3. The van der Waals surface area contributed by atoms with Gasteiger partial charge in [0.15, 0.2) is 11.0 Å². The summed E-state index contributed by atoms with van der Waals surface area (Å²) in [5.41, 5.74) is 3.29. The molecule has 34 heavy (non-hydrogen) atoms. The lowest BCUT2D eigenvalue weighted by molar-refractivity contribution is 0.531. The second kappa shape index (κ2) is 9.30. The maximum absolute atomic E-state index is 14.1. The molecule has 0 bridgehead atoms. The summed E-state index contributed by atoms with van der Waals surface area (Å²) >= 11 is 1.15. The fraction of sp³-hybridized carbons (Fsp3) is 0.115. The van der Waals surface area contributed by atoms with Gasteiger partial charge in [-0.3, -0.25) is 0 Å². The molecule has 0 amide bonds. The van der Waals surface area contributed by atoms with Crippen LogP contribution in [0.4, 0.5) is 13.2 Å². The summed E-state index contributed by atoms with van der Waals surface area (Å²) in [6, 6.07) is 21.0. The van der Waals surface area contributed by atoms with Gasteiger partial charge in [0.1, 0.15) is 17.5 Å². The van der Waals surface area contributed by atoms with Gasteiger partial charge in [0, 0.05) is 46.5 Å². The van der Waals surface area contributed by atoms with Gasteiger partial charge in [-0.2, -0.15) is 0 Å². The fourth-order valence-corrected chi connectivity index (χ4v) is 4.86. The monoisotopic (exact) mass is 476 g/mol. The number of pyridine rings is 1. The van der Waals surface area contributed by atoms with E-state index in [0.29, 0.717) is 29.7 Å². The van der Waals surface area contributed by atoms with Crippen molar-refractivity contribution in [2.45, 2.75) is 24.4 Å². The lowest BCUT2D eigenvalue weighted by atomic mass is 10.0. The topological polar surface area (TPSA) is 43.6 Å². The van der Waals surface area contributed by atoms with E-state index in [9.17, 15) is 13.2 Å². The molecule has 0 unspecified atom stereocenters. The normalized spacial score (nSPS) is 11.3. The fourth-order valence-electron chi connectivity index (χ4n) is 3.84. The number of aromatic nitrogens is 4. The third-order valence-corrected chi connectivity index (χ3v) is 6.50. The highest BCUT2D eigenvalue weighted by Gasteiger charge is 2.19. The first-order valence-corrected chi connectivity index (χ1v) is 11.7. The molecule has 0 N–H and O–H groups in total. The van der Waals surface area contributed by atoms with E-state index in [-0.39, 0.29) is 11.3 Å². The molecule has 170 valence electrons. The number of benzene rings is 3. The number of rotatable bonds is 6. The Labute approximate surface area is 198 Å². The quantitative estimate of drug-likeness (QED) is 0.250. The van der Waals surface area contributed by atoms with Crippen molar-refractivity contribution in [3.05, 3.63) is 95.8 Å². The summed E-state index contributed by atoms with van der Waals surface area (Å²) in [6.45, 7) is 2.51. The van der Waals surface area contributed by atoms with Crippen LogP contribution < -0.4 is 0 Å². The maximum atomic E-state index is 14.1. The van der Waals surface area contributed by atoms with Gasteiger partial charge in [0.2, 0.25) is 0 Å². The van der Waals surface area contributed by atoms with E-state index < -0.39 is 17.5 Å². The van der Waals surface area contributed by atoms with E-state index >= 15 is 0 Å². The summed E-state index contributed by atoms with van der Waals surface area (Å²) < 4.78 is 43.4. The van der Waals surface area contributed by atoms with Crippen LogP contribution in [0.25, 0.3) is 33.5 Å². The van der Waals surface area contributed by atoms with E-state index in [1.165, 1.54) is 0 Å². The van der Waals surface area contributed by atoms with Crippen molar-refractivity contribution in [2.75, 3.05) is 0 Å². The van der Waals surface area contributed by atoms with E-state index in [2.05, 4.69) is 10.2 Å². The minimum Gasteiger partial charge on any atom is -0.302 e. The van der Waals surface area contributed by atoms with E-state index in [1.54, 1.807) is 0 Å². The first-order valence-electron chi connectivity index (χ1n) is 10.7. The van der Waals surface area contributed by atoms with E-state index in [0.717, 1.165) is 39.5 Å². The molecule has 0 saturated heterocycles. The Morgan fingerprint density at radius 2 is 1.56 bits per heavy atom. The number of nitrogens with zero attached hydrogens (tertiary/aromatic N) is 4. The highest BCUT2D eigenvalue weighted by molar-refractivity contribution is 7.98. The second-order valence-corrected chi connectivity index (χ2v) is 8.57. The third kappa shape index (κ3) is 4.17. The molecule has 0 atom stereocenters. The highest BCUT2D eigenvalue weighted by atomic mass is 32.2. The van der Waals surface area contributed by atoms with Crippen LogP contribution in [0.3, 0.4) is 0 Å². The molecule has 0 fully saturated rings. The molecule has 0 saturated carbocycles. The summed E-state index contributed by atoms with van der Waals surface area (Å²) in [7, 11) is 0. The zero-order chi connectivity index (χ0) is 23.7. The number of halogens is 3. The van der Waals surface area contributed by atoms with Gasteiger partial charge in [0.25, 0.3) is 0 Å². The van der Waals surface area contributed by atoms with Gasteiger partial charge in [-0.05, 0) is 19.1 Å². The minimum atomic E-state index is -0.943. The molecule has 0 radical (unpaired) electrons. The van der Waals surface area contributed by atoms with Crippen LogP contribution in [0.1, 0.15) is 12.5 Å². The Hall–Kier alpha value is -3.65. The number of para-hydroxylation sites is 1. The minimum absolute atomic E-state index is 0.0392. The number of hydrogen-bond acceptors (Lipinski definition) is 4. The second-order valence-electron chi connectivity index (χ2n) is 7.63. The molecule has 0 aliphatic heterocycles. The van der Waals surface area contributed by atoms with Crippen molar-refractivity contribution in [3.63, 3.8) is 0 Å². The molecule has 8 heteroatoms. The molecule has 0 aliphatic rings. The molecular weight excluding hydrogens is 457 g/mol. The van der Waals surface area contributed by atoms with Gasteiger partial charge in [-0.25, -0.2) is 18.2 Å². The number of hydrogen-bond donors (Lipinski definition) is 0. The van der Waals surface area contributed by atoms with Crippen LogP contribution in [0.15, 0.2) is 78.0 Å². The predicted molar refractivity (Wildman–Crippen MR) is 128 cm³/mol. The molecular formula is C26H19F3N4S. The largest absolute Gasteiger partial charge is 0.302 e. The lowest BCUT2D eigenvalue weighted by Crippen LogP contribution is -2.02. The smallest absolute Gasteiger partial charge is 0.191 e. The molecule has 2 aromatic heterocycles. The molecule has 4 nitrogen and oxygen atoms in total. The van der Waals surface area contributed by atoms with Crippen molar-refractivity contribution in [1.82, 2.24) is 19.7 Å². The van der Waals surface area contributed by atoms with E-state index in [1.807, 2.05) is 72.2 Å². The summed E-state index contributed by atoms with van der Waals surface area (Å²) in [4.78, 5) is 4.82. The SMILES string of the molecule is CCn1c(SCc2c(F)cc(F)cc2F)nnc1-c1cc(-c2ccccc2)nc2ccccc12. The third-order valence-electron chi connectivity index (χ3n) is 5.51. The lowest BCUT2D eigenvalue weighted by Gasteiger charge is -2.12. The summed E-state index contributed by atoms with van der Waals surface area (Å²) in [5.74, 6) is -2.18. The van der Waals surface area contributed by atoms with Crippen LogP contribution >= 0.6 is 11.8 Å². The first-order chi connectivity index (χ1) is 16.5. The zero-order valence-corrected chi connectivity index (χ0v) is 19.0. The van der Waals surface area contributed by atoms with Crippen molar-refractivity contribution >= 4 is 22.7 Å². The Balaban J connectivity index is 1.57. The molecule has 5 rings (SSSR count).